The molecule has 3 aliphatic rings. The number of ether oxygens (including phenoxy) is 2. The molecular formula is C25H27NO2. The van der Waals surface area contributed by atoms with Gasteiger partial charge >= 0.3 is 0 Å². The normalized spacial score (nSPS) is 19.5. The van der Waals surface area contributed by atoms with E-state index in [1.54, 1.807) is 13.3 Å². The molecule has 4 rings (SSSR count). The van der Waals surface area contributed by atoms with Crippen LogP contribution in [0.3, 0.4) is 0 Å². The summed E-state index contributed by atoms with van der Waals surface area (Å²) in [7, 11) is 1.70. The van der Waals surface area contributed by atoms with E-state index in [0.717, 1.165) is 35.0 Å². The lowest BCUT2D eigenvalue weighted by atomic mass is 10.0. The quantitative estimate of drug-likeness (QED) is 0.604. The number of allylic oxidation sites excluding steroid dienone is 7. The summed E-state index contributed by atoms with van der Waals surface area (Å²) in [6.07, 6.45) is 20.3. The molecule has 0 bridgehead atoms. The molecule has 3 nitrogen and oxygen atoms in total. The van der Waals surface area contributed by atoms with E-state index in [1.807, 2.05) is 24.3 Å². The maximum atomic E-state index is 6.24. The molecule has 2 aliphatic carbocycles. The van der Waals surface area contributed by atoms with Crippen molar-refractivity contribution in [2.24, 2.45) is 4.99 Å². The van der Waals surface area contributed by atoms with Gasteiger partial charge in [0.25, 0.3) is 0 Å². The lowest BCUT2D eigenvalue weighted by Crippen LogP contribution is -2.06. The van der Waals surface area contributed by atoms with Gasteiger partial charge in [0.1, 0.15) is 11.5 Å². The summed E-state index contributed by atoms with van der Waals surface area (Å²) in [6.45, 7) is 0. The van der Waals surface area contributed by atoms with Gasteiger partial charge in [-0.3, -0.25) is 0 Å². The van der Waals surface area contributed by atoms with Gasteiger partial charge in [-0.2, -0.15) is 0 Å². The Morgan fingerprint density at radius 3 is 2.64 bits per heavy atom. The molecule has 0 radical (unpaired) electrons. The zero-order valence-electron chi connectivity index (χ0n) is 16.5. The third-order valence-electron chi connectivity index (χ3n) is 5.47. The van der Waals surface area contributed by atoms with Crippen molar-refractivity contribution in [3.63, 3.8) is 0 Å². The second-order valence-electron chi connectivity index (χ2n) is 7.35. The Bertz CT molecular complexity index is 912. The van der Waals surface area contributed by atoms with Crippen LogP contribution >= 0.6 is 0 Å². The van der Waals surface area contributed by atoms with E-state index < -0.39 is 0 Å². The summed E-state index contributed by atoms with van der Waals surface area (Å²) in [5.74, 6) is 2.55. The maximum absolute atomic E-state index is 6.24. The fraction of sp³-hybridized carbons (Fsp3) is 0.320. The van der Waals surface area contributed by atoms with Gasteiger partial charge in [-0.25, -0.2) is 4.99 Å². The molecule has 0 atom stereocenters. The molecule has 1 aliphatic heterocycles. The Morgan fingerprint density at radius 2 is 1.75 bits per heavy atom. The highest BCUT2D eigenvalue weighted by atomic mass is 16.5. The molecular weight excluding hydrogens is 346 g/mol. The predicted octanol–water partition coefficient (Wildman–Crippen LogP) is 6.52. The molecule has 3 heteroatoms. The van der Waals surface area contributed by atoms with Crippen molar-refractivity contribution in [1.29, 1.82) is 0 Å². The number of fused-ring (bicyclic) bond motifs is 1. The van der Waals surface area contributed by atoms with Gasteiger partial charge in [0, 0.05) is 18.2 Å². The minimum Gasteiger partial charge on any atom is -0.496 e. The van der Waals surface area contributed by atoms with Crippen LogP contribution in [0.25, 0.3) is 5.57 Å². The minimum absolute atomic E-state index is 0.637. The van der Waals surface area contributed by atoms with Crippen LogP contribution in [-0.2, 0) is 4.74 Å². The summed E-state index contributed by atoms with van der Waals surface area (Å²) in [6, 6.07) is 8.08. The highest BCUT2D eigenvalue weighted by molar-refractivity contribution is 5.92. The average molecular weight is 373 g/mol. The van der Waals surface area contributed by atoms with E-state index in [4.69, 9.17) is 9.47 Å². The zero-order chi connectivity index (χ0) is 19.2. The van der Waals surface area contributed by atoms with E-state index in [1.165, 1.54) is 43.3 Å². The molecule has 0 aromatic heterocycles. The summed E-state index contributed by atoms with van der Waals surface area (Å²) in [5.41, 5.74) is 5.20. The van der Waals surface area contributed by atoms with Crippen molar-refractivity contribution in [1.82, 2.24) is 0 Å². The largest absolute Gasteiger partial charge is 0.496 e. The van der Waals surface area contributed by atoms with Crippen LogP contribution in [0.1, 0.15) is 50.5 Å². The first-order chi connectivity index (χ1) is 13.8. The molecule has 28 heavy (non-hydrogen) atoms. The molecule has 0 saturated heterocycles. The Kier molecular flexibility index (Phi) is 5.91. The topological polar surface area (TPSA) is 30.8 Å². The molecule has 1 fully saturated rings. The molecule has 0 unspecified atom stereocenters. The number of benzene rings is 1. The van der Waals surface area contributed by atoms with E-state index in [0.29, 0.717) is 6.42 Å². The summed E-state index contributed by atoms with van der Waals surface area (Å²) in [4.78, 5) is 4.52. The van der Waals surface area contributed by atoms with Crippen molar-refractivity contribution in [2.75, 3.05) is 7.11 Å². The van der Waals surface area contributed by atoms with E-state index in [9.17, 15) is 0 Å². The van der Waals surface area contributed by atoms with Crippen molar-refractivity contribution >= 4 is 11.5 Å². The SMILES string of the molecule is COc1ccccc1C1=CC=CN=C(OC2=CC=C3CCCCCC3=CC2)C1. The fourth-order valence-corrected chi connectivity index (χ4v) is 3.97. The zero-order valence-corrected chi connectivity index (χ0v) is 16.5. The second-order valence-corrected chi connectivity index (χ2v) is 7.35. The van der Waals surface area contributed by atoms with Gasteiger partial charge in [0.2, 0.25) is 0 Å². The first-order valence-electron chi connectivity index (χ1n) is 10.2. The number of aliphatic imine (C=N–C) groups is 1. The first kappa shape index (κ1) is 18.5. The third-order valence-corrected chi connectivity index (χ3v) is 5.47. The molecule has 0 spiro atoms. The summed E-state index contributed by atoms with van der Waals surface area (Å²) < 4.78 is 11.8. The van der Waals surface area contributed by atoms with Crippen LogP contribution in [0.2, 0.25) is 0 Å². The van der Waals surface area contributed by atoms with Crippen molar-refractivity contribution in [2.45, 2.75) is 44.9 Å². The minimum atomic E-state index is 0.637. The Hall–Kier alpha value is -2.81. The first-order valence-corrected chi connectivity index (χ1v) is 10.2. The van der Waals surface area contributed by atoms with E-state index in [-0.39, 0.29) is 0 Å². The number of hydrogen-bond acceptors (Lipinski definition) is 3. The number of methoxy groups -OCH3 is 1. The molecule has 1 saturated carbocycles. The molecule has 1 heterocycles. The molecule has 144 valence electrons. The lowest BCUT2D eigenvalue weighted by Gasteiger charge is -2.14. The van der Waals surface area contributed by atoms with E-state index >= 15 is 0 Å². The highest BCUT2D eigenvalue weighted by Crippen LogP contribution is 2.32. The predicted molar refractivity (Wildman–Crippen MR) is 115 cm³/mol. The van der Waals surface area contributed by atoms with Crippen LogP contribution in [0.5, 0.6) is 5.75 Å². The monoisotopic (exact) mass is 373 g/mol. The average Bonchev–Trinajstić information content (AvgIpc) is 3.17. The van der Waals surface area contributed by atoms with Gasteiger partial charge in [-0.1, -0.05) is 42.8 Å². The van der Waals surface area contributed by atoms with Crippen molar-refractivity contribution < 1.29 is 9.47 Å². The molecule has 1 aromatic rings. The standard InChI is InChI=1S/C25H27NO2/c1-27-24-12-6-5-11-23(24)21-10-7-17-26-25(18-21)28-22-15-13-19-8-3-2-4-9-20(19)14-16-22/h5-7,10-15,17H,2-4,8-9,16,18H2,1H3. The number of para-hydroxylation sites is 1. The Balaban J connectivity index is 1.51. The Morgan fingerprint density at radius 1 is 0.893 bits per heavy atom. The van der Waals surface area contributed by atoms with Crippen LogP contribution in [0, 0.1) is 0 Å². The van der Waals surface area contributed by atoms with Crippen molar-refractivity contribution in [3.8, 4) is 5.75 Å². The number of rotatable bonds is 3. The van der Waals surface area contributed by atoms with Gasteiger partial charge in [0.05, 0.1) is 13.5 Å². The van der Waals surface area contributed by atoms with Gasteiger partial charge in [-0.05, 0) is 60.6 Å². The fourth-order valence-electron chi connectivity index (χ4n) is 3.97. The molecule has 0 amide bonds. The second kappa shape index (κ2) is 8.92. The molecule has 1 aromatic carbocycles. The van der Waals surface area contributed by atoms with Crippen molar-refractivity contribution in [3.05, 3.63) is 83.3 Å². The summed E-state index contributed by atoms with van der Waals surface area (Å²) >= 11 is 0. The summed E-state index contributed by atoms with van der Waals surface area (Å²) in [5, 5.41) is 0. The molecule has 0 N–H and O–H groups in total. The third kappa shape index (κ3) is 4.36. The number of nitrogens with zero attached hydrogens (tertiary/aromatic N) is 1. The van der Waals surface area contributed by atoms with E-state index in [2.05, 4.69) is 35.4 Å². The van der Waals surface area contributed by atoms with Crippen LogP contribution in [0.4, 0.5) is 0 Å². The van der Waals surface area contributed by atoms with Crippen LogP contribution < -0.4 is 4.74 Å². The smallest absolute Gasteiger partial charge is 0.198 e. The van der Waals surface area contributed by atoms with Gasteiger partial charge < -0.3 is 9.47 Å². The highest BCUT2D eigenvalue weighted by Gasteiger charge is 2.16. The lowest BCUT2D eigenvalue weighted by molar-refractivity contribution is 0.397. The maximum Gasteiger partial charge on any atom is 0.198 e. The van der Waals surface area contributed by atoms with Crippen LogP contribution in [0.15, 0.2) is 82.7 Å². The van der Waals surface area contributed by atoms with Gasteiger partial charge in [-0.15, -0.1) is 0 Å². The Labute approximate surface area is 167 Å². The number of hydrogen-bond donors (Lipinski definition) is 0. The van der Waals surface area contributed by atoms with Crippen LogP contribution in [-0.4, -0.2) is 13.0 Å². The van der Waals surface area contributed by atoms with Gasteiger partial charge in [0.15, 0.2) is 5.90 Å².